The van der Waals surface area contributed by atoms with E-state index in [2.05, 4.69) is 0 Å². The second kappa shape index (κ2) is 14.1. The van der Waals surface area contributed by atoms with Crippen molar-refractivity contribution < 1.29 is 18.8 Å². The fourth-order valence-corrected chi connectivity index (χ4v) is 5.35. The van der Waals surface area contributed by atoms with Crippen LogP contribution in [0.3, 0.4) is 0 Å². The molecule has 0 rings (SSSR count). The summed E-state index contributed by atoms with van der Waals surface area (Å²) in [7, 11) is 3.15. The van der Waals surface area contributed by atoms with Gasteiger partial charge >= 0.3 is 0 Å². The molecular formula is C15H33O4P. The van der Waals surface area contributed by atoms with Crippen molar-refractivity contribution in [3.05, 3.63) is 0 Å². The molecule has 0 aromatic rings. The molecule has 0 atom stereocenters. The Labute approximate surface area is 124 Å². The Morgan fingerprint density at radius 2 is 0.900 bits per heavy atom. The van der Waals surface area contributed by atoms with Crippen molar-refractivity contribution in [3.63, 3.8) is 0 Å². The van der Waals surface area contributed by atoms with Crippen LogP contribution in [0.5, 0.6) is 0 Å². The molecule has 0 saturated heterocycles. The van der Waals surface area contributed by atoms with Crippen LogP contribution in [0.15, 0.2) is 0 Å². The summed E-state index contributed by atoms with van der Waals surface area (Å²) >= 11 is 0. The number of methoxy groups -OCH3 is 3. The normalized spacial score (nSPS) is 11.9. The van der Waals surface area contributed by atoms with Crippen molar-refractivity contribution in [1.82, 2.24) is 0 Å². The average Bonchev–Trinajstić information content (AvgIpc) is 2.45. The quantitative estimate of drug-likeness (QED) is 0.342. The van der Waals surface area contributed by atoms with Crippen LogP contribution in [-0.4, -0.2) is 59.6 Å². The second-order valence-corrected chi connectivity index (χ2v) is 8.79. The van der Waals surface area contributed by atoms with E-state index in [1.54, 1.807) is 21.3 Å². The van der Waals surface area contributed by atoms with Gasteiger partial charge in [-0.05, 0) is 38.5 Å². The Kier molecular flexibility index (Phi) is 14.1. The number of unbranched alkanes of at least 4 members (excludes halogenated alkanes) is 3. The summed E-state index contributed by atoms with van der Waals surface area (Å²) in [4.78, 5) is 0. The lowest BCUT2D eigenvalue weighted by molar-refractivity contribution is 0.193. The molecule has 0 spiro atoms. The smallest absolute Gasteiger partial charge is 0.0877 e. The lowest BCUT2D eigenvalue weighted by Gasteiger charge is -2.18. The van der Waals surface area contributed by atoms with Crippen LogP contribution in [0, 0.1) is 0 Å². The van der Waals surface area contributed by atoms with Crippen molar-refractivity contribution in [2.75, 3.05) is 59.6 Å². The van der Waals surface area contributed by atoms with Gasteiger partial charge in [0.2, 0.25) is 0 Å². The Morgan fingerprint density at radius 1 is 0.600 bits per heavy atom. The fraction of sp³-hybridized carbons (Fsp3) is 1.00. The summed E-state index contributed by atoms with van der Waals surface area (Å²) in [5, 5.41) is 0. The molecule has 0 heterocycles. The zero-order valence-electron chi connectivity index (χ0n) is 13.6. The Bertz CT molecular complexity index is 208. The van der Waals surface area contributed by atoms with Gasteiger partial charge in [0.05, 0.1) is 7.14 Å². The summed E-state index contributed by atoms with van der Waals surface area (Å²) in [5.74, 6) is 0. The predicted molar refractivity (Wildman–Crippen MR) is 85.5 cm³/mol. The van der Waals surface area contributed by atoms with E-state index in [9.17, 15) is 4.57 Å². The molecule has 0 aliphatic heterocycles. The topological polar surface area (TPSA) is 44.8 Å². The SMILES string of the molecule is COCCCCP(=O)(CCCCOC)CCCCOC. The highest BCUT2D eigenvalue weighted by molar-refractivity contribution is 7.63. The molecule has 0 bridgehead atoms. The molecule has 0 aliphatic rings. The van der Waals surface area contributed by atoms with Gasteiger partial charge in [-0.3, -0.25) is 0 Å². The third kappa shape index (κ3) is 11.9. The lowest BCUT2D eigenvalue weighted by Crippen LogP contribution is -2.04. The van der Waals surface area contributed by atoms with Crippen LogP contribution in [0.2, 0.25) is 0 Å². The molecule has 0 saturated carbocycles. The molecule has 0 unspecified atom stereocenters. The molecule has 0 aromatic carbocycles. The highest BCUT2D eigenvalue weighted by Crippen LogP contribution is 2.48. The maximum absolute atomic E-state index is 13.0. The molecule has 5 heteroatoms. The van der Waals surface area contributed by atoms with E-state index in [-0.39, 0.29) is 0 Å². The van der Waals surface area contributed by atoms with Gasteiger partial charge in [-0.25, -0.2) is 0 Å². The van der Waals surface area contributed by atoms with Gasteiger partial charge in [-0.1, -0.05) is 0 Å². The molecule has 0 fully saturated rings. The summed E-state index contributed by atoms with van der Waals surface area (Å²) in [6, 6.07) is 0. The Morgan fingerprint density at radius 3 is 1.15 bits per heavy atom. The summed E-state index contributed by atoms with van der Waals surface area (Å²) in [6.07, 6.45) is 8.69. The maximum Gasteiger partial charge on any atom is 0.0877 e. The monoisotopic (exact) mass is 308 g/mol. The highest BCUT2D eigenvalue weighted by Gasteiger charge is 2.20. The Hall–Kier alpha value is 0.110. The molecule has 122 valence electrons. The zero-order chi connectivity index (χ0) is 15.1. The molecular weight excluding hydrogens is 275 g/mol. The summed E-state index contributed by atoms with van der Waals surface area (Å²) in [5.41, 5.74) is 0. The molecule has 0 aromatic heterocycles. The molecule has 0 amide bonds. The van der Waals surface area contributed by atoms with E-state index in [0.29, 0.717) is 0 Å². The fourth-order valence-electron chi connectivity index (χ4n) is 2.27. The second-order valence-electron chi connectivity index (χ2n) is 5.33. The number of hydrogen-bond acceptors (Lipinski definition) is 4. The minimum absolute atomic E-state index is 0.771. The van der Waals surface area contributed by atoms with E-state index in [0.717, 1.165) is 76.8 Å². The minimum atomic E-state index is -2.01. The van der Waals surface area contributed by atoms with Gasteiger partial charge in [0.15, 0.2) is 0 Å². The summed E-state index contributed by atoms with van der Waals surface area (Å²) < 4.78 is 28.2. The van der Waals surface area contributed by atoms with Crippen LogP contribution < -0.4 is 0 Å². The predicted octanol–water partition coefficient (Wildman–Crippen LogP) is 3.63. The van der Waals surface area contributed by atoms with Crippen LogP contribution in [0.1, 0.15) is 38.5 Å². The minimum Gasteiger partial charge on any atom is -0.385 e. The maximum atomic E-state index is 13.0. The number of hydrogen-bond donors (Lipinski definition) is 0. The van der Waals surface area contributed by atoms with Gasteiger partial charge in [-0.15, -0.1) is 0 Å². The van der Waals surface area contributed by atoms with Gasteiger partial charge in [0.1, 0.15) is 0 Å². The van der Waals surface area contributed by atoms with E-state index >= 15 is 0 Å². The van der Waals surface area contributed by atoms with E-state index in [1.165, 1.54) is 0 Å². The third-order valence-corrected chi connectivity index (χ3v) is 6.89. The standard InChI is InChI=1S/C15H33O4P/c1-17-10-4-7-13-20(16,14-8-5-11-18-2)15-9-6-12-19-3/h4-15H2,1-3H3. The first-order valence-electron chi connectivity index (χ1n) is 7.72. The average molecular weight is 308 g/mol. The first kappa shape index (κ1) is 20.1. The number of ether oxygens (including phenoxy) is 3. The Balaban J connectivity index is 4.02. The molecule has 0 aliphatic carbocycles. The first-order valence-corrected chi connectivity index (χ1v) is 9.98. The van der Waals surface area contributed by atoms with E-state index in [1.807, 2.05) is 0 Å². The first-order chi connectivity index (χ1) is 9.68. The van der Waals surface area contributed by atoms with E-state index < -0.39 is 7.14 Å². The van der Waals surface area contributed by atoms with Crippen LogP contribution >= 0.6 is 7.14 Å². The van der Waals surface area contributed by atoms with Crippen LogP contribution in [0.25, 0.3) is 0 Å². The van der Waals surface area contributed by atoms with Crippen molar-refractivity contribution in [3.8, 4) is 0 Å². The van der Waals surface area contributed by atoms with Crippen molar-refractivity contribution in [2.45, 2.75) is 38.5 Å². The van der Waals surface area contributed by atoms with Gasteiger partial charge < -0.3 is 18.8 Å². The van der Waals surface area contributed by atoms with Crippen LogP contribution in [0.4, 0.5) is 0 Å². The van der Waals surface area contributed by atoms with Crippen LogP contribution in [-0.2, 0) is 18.8 Å². The molecule has 0 radical (unpaired) electrons. The van der Waals surface area contributed by atoms with Gasteiger partial charge in [0.25, 0.3) is 0 Å². The van der Waals surface area contributed by atoms with Crippen molar-refractivity contribution in [2.24, 2.45) is 0 Å². The van der Waals surface area contributed by atoms with Crippen molar-refractivity contribution in [1.29, 1.82) is 0 Å². The largest absolute Gasteiger partial charge is 0.385 e. The lowest BCUT2D eigenvalue weighted by atomic mass is 10.3. The van der Waals surface area contributed by atoms with Crippen molar-refractivity contribution >= 4 is 7.14 Å². The van der Waals surface area contributed by atoms with E-state index in [4.69, 9.17) is 14.2 Å². The van der Waals surface area contributed by atoms with Gasteiger partial charge in [-0.2, -0.15) is 0 Å². The summed E-state index contributed by atoms with van der Waals surface area (Å²) in [6.45, 7) is 2.31. The zero-order valence-corrected chi connectivity index (χ0v) is 14.5. The third-order valence-electron chi connectivity index (χ3n) is 3.49. The van der Waals surface area contributed by atoms with Gasteiger partial charge in [0, 0.05) is 59.6 Å². The number of rotatable bonds is 15. The molecule has 20 heavy (non-hydrogen) atoms. The molecule has 0 N–H and O–H groups in total. The highest BCUT2D eigenvalue weighted by atomic mass is 31.2. The molecule has 4 nitrogen and oxygen atoms in total.